The minimum atomic E-state index is -4.42. The molecule has 0 saturated heterocycles. The number of carbonyl (C=O) groups excluding carboxylic acids is 2. The Hall–Kier alpha value is -2.34. The molecule has 2 aromatic rings. The smallest absolute Gasteiger partial charge is 0.300 e. The zero-order chi connectivity index (χ0) is 16.8. The molecule has 0 aromatic heterocycles. The Balaban J connectivity index is 1.91. The second-order valence-corrected chi connectivity index (χ2v) is 5.46. The molecule has 1 aliphatic heterocycles. The van der Waals surface area contributed by atoms with Crippen LogP contribution in [0.15, 0.2) is 42.5 Å². The summed E-state index contributed by atoms with van der Waals surface area (Å²) >= 11 is 5.94. The quantitative estimate of drug-likeness (QED) is 0.773. The number of rotatable bonds is 2. The summed E-state index contributed by atoms with van der Waals surface area (Å²) in [5.41, 5.74) is 0.207. The fourth-order valence-corrected chi connectivity index (χ4v) is 2.70. The molecule has 3 nitrogen and oxygen atoms in total. The van der Waals surface area contributed by atoms with E-state index in [2.05, 4.69) is 0 Å². The molecule has 0 fully saturated rings. The van der Waals surface area contributed by atoms with Crippen molar-refractivity contribution in [1.29, 1.82) is 0 Å². The van der Waals surface area contributed by atoms with Crippen molar-refractivity contribution in [1.82, 2.24) is 0 Å². The lowest BCUT2D eigenvalue weighted by Crippen LogP contribution is -2.29. The van der Waals surface area contributed by atoms with E-state index in [1.165, 1.54) is 23.1 Å². The van der Waals surface area contributed by atoms with E-state index in [9.17, 15) is 22.8 Å². The molecular formula is C16H9ClF3NO2. The highest BCUT2D eigenvalue weighted by Gasteiger charge is 2.37. The summed E-state index contributed by atoms with van der Waals surface area (Å²) < 4.78 is 37.7. The molecule has 1 heterocycles. The number of carbonyl (C=O) groups is 2. The van der Waals surface area contributed by atoms with Crippen LogP contribution in [-0.4, -0.2) is 11.7 Å². The maximum Gasteiger partial charge on any atom is 0.416 e. The van der Waals surface area contributed by atoms with Crippen LogP contribution in [0.2, 0.25) is 5.02 Å². The number of halogens is 4. The molecule has 1 aliphatic rings. The van der Waals surface area contributed by atoms with E-state index < -0.39 is 23.4 Å². The molecule has 0 N–H and O–H groups in total. The summed E-state index contributed by atoms with van der Waals surface area (Å²) in [6.07, 6.45) is -4.42. The van der Waals surface area contributed by atoms with E-state index in [4.69, 9.17) is 11.6 Å². The Morgan fingerprint density at radius 2 is 1.65 bits per heavy atom. The van der Waals surface area contributed by atoms with Gasteiger partial charge in [-0.3, -0.25) is 9.59 Å². The van der Waals surface area contributed by atoms with Crippen molar-refractivity contribution in [3.63, 3.8) is 0 Å². The predicted octanol–water partition coefficient (Wildman–Crippen LogP) is 4.09. The minimum Gasteiger partial charge on any atom is -0.300 e. The number of nitrogens with zero attached hydrogens (tertiary/aromatic N) is 1. The van der Waals surface area contributed by atoms with Crippen molar-refractivity contribution in [3.8, 4) is 0 Å². The van der Waals surface area contributed by atoms with Gasteiger partial charge < -0.3 is 4.90 Å². The molecule has 0 bridgehead atoms. The molecule has 0 aliphatic carbocycles. The Kier molecular flexibility index (Phi) is 3.64. The van der Waals surface area contributed by atoms with Crippen LogP contribution in [0, 0.1) is 0 Å². The van der Waals surface area contributed by atoms with Crippen molar-refractivity contribution >= 4 is 29.0 Å². The van der Waals surface area contributed by atoms with Crippen molar-refractivity contribution in [2.75, 3.05) is 4.90 Å². The maximum atomic E-state index is 12.6. The van der Waals surface area contributed by atoms with Gasteiger partial charge in [0.25, 0.3) is 11.7 Å². The maximum absolute atomic E-state index is 12.6. The highest BCUT2D eigenvalue weighted by Crippen LogP contribution is 2.35. The SMILES string of the molecule is O=C1C(=O)N(Cc2ccc(C(F)(F)F)cc2)c2cccc(Cl)c21. The number of fused-ring (bicyclic) bond motifs is 1. The minimum absolute atomic E-state index is 0.00392. The van der Waals surface area contributed by atoms with E-state index in [0.717, 1.165) is 12.1 Å². The van der Waals surface area contributed by atoms with Gasteiger partial charge in [0.1, 0.15) is 0 Å². The molecule has 0 spiro atoms. The van der Waals surface area contributed by atoms with Gasteiger partial charge in [0.05, 0.1) is 28.4 Å². The Morgan fingerprint density at radius 3 is 2.26 bits per heavy atom. The molecule has 23 heavy (non-hydrogen) atoms. The fraction of sp³-hybridized carbons (Fsp3) is 0.125. The van der Waals surface area contributed by atoms with Crippen LogP contribution < -0.4 is 4.90 Å². The number of hydrogen-bond donors (Lipinski definition) is 0. The summed E-state index contributed by atoms with van der Waals surface area (Å²) in [4.78, 5) is 25.3. The first-order chi connectivity index (χ1) is 10.8. The molecule has 118 valence electrons. The summed E-state index contributed by atoms with van der Waals surface area (Å²) in [5.74, 6) is -1.45. The van der Waals surface area contributed by atoms with Gasteiger partial charge in [-0.05, 0) is 29.8 Å². The lowest BCUT2D eigenvalue weighted by Gasteiger charge is -2.17. The van der Waals surface area contributed by atoms with Gasteiger partial charge >= 0.3 is 6.18 Å². The normalized spacial score (nSPS) is 14.3. The molecule has 3 rings (SSSR count). The molecule has 0 atom stereocenters. The van der Waals surface area contributed by atoms with E-state index in [-0.39, 0.29) is 17.1 Å². The van der Waals surface area contributed by atoms with E-state index in [0.29, 0.717) is 11.3 Å². The first-order valence-electron chi connectivity index (χ1n) is 6.60. The van der Waals surface area contributed by atoms with Gasteiger partial charge in [-0.25, -0.2) is 0 Å². The van der Waals surface area contributed by atoms with E-state index in [1.807, 2.05) is 0 Å². The highest BCUT2D eigenvalue weighted by atomic mass is 35.5. The molecule has 7 heteroatoms. The third-order valence-electron chi connectivity index (χ3n) is 3.57. The molecule has 0 unspecified atom stereocenters. The lowest BCUT2D eigenvalue weighted by molar-refractivity contribution is -0.137. The summed E-state index contributed by atoms with van der Waals surface area (Å²) in [7, 11) is 0. The number of anilines is 1. The molecule has 0 saturated carbocycles. The van der Waals surface area contributed by atoms with Gasteiger partial charge in [-0.15, -0.1) is 0 Å². The predicted molar refractivity (Wildman–Crippen MR) is 78.4 cm³/mol. The van der Waals surface area contributed by atoms with E-state index in [1.54, 1.807) is 12.1 Å². The van der Waals surface area contributed by atoms with Crippen LogP contribution >= 0.6 is 11.6 Å². The van der Waals surface area contributed by atoms with Crippen LogP contribution in [0.25, 0.3) is 0 Å². The van der Waals surface area contributed by atoms with Gasteiger partial charge in [-0.1, -0.05) is 29.8 Å². The average Bonchev–Trinajstić information content (AvgIpc) is 2.73. The zero-order valence-corrected chi connectivity index (χ0v) is 12.3. The topological polar surface area (TPSA) is 37.4 Å². The van der Waals surface area contributed by atoms with Gasteiger partial charge in [0, 0.05) is 0 Å². The second-order valence-electron chi connectivity index (χ2n) is 5.05. The Morgan fingerprint density at radius 1 is 1.00 bits per heavy atom. The largest absolute Gasteiger partial charge is 0.416 e. The Bertz CT molecular complexity index is 800. The zero-order valence-electron chi connectivity index (χ0n) is 11.5. The summed E-state index contributed by atoms with van der Waals surface area (Å²) in [6, 6.07) is 9.13. The van der Waals surface area contributed by atoms with Crippen molar-refractivity contribution in [3.05, 3.63) is 64.2 Å². The third kappa shape index (κ3) is 2.70. The molecular weight excluding hydrogens is 331 g/mol. The summed E-state index contributed by atoms with van der Waals surface area (Å²) in [5, 5.41) is 0.177. The highest BCUT2D eigenvalue weighted by molar-refractivity contribution is 6.55. The molecule has 2 aromatic carbocycles. The van der Waals surface area contributed by atoms with E-state index >= 15 is 0 Å². The third-order valence-corrected chi connectivity index (χ3v) is 3.89. The number of Topliss-reactive ketones (excluding diaryl/α,β-unsaturated/α-hetero) is 1. The van der Waals surface area contributed by atoms with Crippen LogP contribution in [0.5, 0.6) is 0 Å². The van der Waals surface area contributed by atoms with Crippen molar-refractivity contribution in [2.24, 2.45) is 0 Å². The number of hydrogen-bond acceptors (Lipinski definition) is 2. The average molecular weight is 340 g/mol. The van der Waals surface area contributed by atoms with Gasteiger partial charge in [0.2, 0.25) is 0 Å². The van der Waals surface area contributed by atoms with Gasteiger partial charge in [0.15, 0.2) is 0 Å². The number of benzene rings is 2. The van der Waals surface area contributed by atoms with Crippen LogP contribution in [0.3, 0.4) is 0 Å². The standard InChI is InChI=1S/C16H9ClF3NO2/c17-11-2-1-3-12-13(11)14(22)15(23)21(12)8-9-4-6-10(7-5-9)16(18,19)20/h1-7H,8H2. The van der Waals surface area contributed by atoms with Crippen LogP contribution in [0.4, 0.5) is 18.9 Å². The van der Waals surface area contributed by atoms with Crippen LogP contribution in [0.1, 0.15) is 21.5 Å². The number of amides is 1. The number of alkyl halides is 3. The first-order valence-corrected chi connectivity index (χ1v) is 6.97. The van der Waals surface area contributed by atoms with Crippen LogP contribution in [-0.2, 0) is 17.5 Å². The molecule has 1 amide bonds. The van der Waals surface area contributed by atoms with Gasteiger partial charge in [-0.2, -0.15) is 13.2 Å². The Labute approximate surface area is 134 Å². The first kappa shape index (κ1) is 15.6. The number of ketones is 1. The summed E-state index contributed by atoms with van der Waals surface area (Å²) in [6.45, 7) is -0.00392. The molecule has 0 radical (unpaired) electrons. The fourth-order valence-electron chi connectivity index (χ4n) is 2.44. The van der Waals surface area contributed by atoms with Crippen molar-refractivity contribution in [2.45, 2.75) is 12.7 Å². The monoisotopic (exact) mass is 339 g/mol. The second kappa shape index (κ2) is 5.38. The van der Waals surface area contributed by atoms with Crippen molar-refractivity contribution < 1.29 is 22.8 Å². The lowest BCUT2D eigenvalue weighted by atomic mass is 10.1.